The molecule has 0 bridgehead atoms. The van der Waals surface area contributed by atoms with Crippen LogP contribution < -0.4 is 4.74 Å². The van der Waals surface area contributed by atoms with E-state index in [2.05, 4.69) is 15.2 Å². The van der Waals surface area contributed by atoms with Gasteiger partial charge in [0.05, 0.1) is 18.1 Å². The number of rotatable bonds is 5. The first kappa shape index (κ1) is 15.7. The van der Waals surface area contributed by atoms with Crippen LogP contribution in [-0.2, 0) is 5.75 Å². The van der Waals surface area contributed by atoms with Crippen molar-refractivity contribution in [1.29, 1.82) is 0 Å². The predicted molar refractivity (Wildman–Crippen MR) is 97.4 cm³/mol. The van der Waals surface area contributed by atoms with Crippen molar-refractivity contribution < 1.29 is 9.53 Å². The molecule has 2 aromatic heterocycles. The first-order valence-electron chi connectivity index (χ1n) is 7.79. The van der Waals surface area contributed by atoms with Gasteiger partial charge in [-0.05, 0) is 37.3 Å². The van der Waals surface area contributed by atoms with E-state index in [4.69, 9.17) is 4.74 Å². The zero-order chi connectivity index (χ0) is 17.4. The average Bonchev–Trinajstić information content (AvgIpc) is 3.18. The molecule has 126 valence electrons. The maximum atomic E-state index is 11.6. The van der Waals surface area contributed by atoms with Gasteiger partial charge in [0.2, 0.25) is 5.78 Å². The Morgan fingerprint density at radius 1 is 1.28 bits per heavy atom. The highest BCUT2D eigenvalue weighted by molar-refractivity contribution is 7.98. The van der Waals surface area contributed by atoms with Gasteiger partial charge in [-0.1, -0.05) is 23.9 Å². The summed E-state index contributed by atoms with van der Waals surface area (Å²) in [5.74, 6) is 2.15. The summed E-state index contributed by atoms with van der Waals surface area (Å²) in [6.45, 7) is 1.56. The van der Waals surface area contributed by atoms with Crippen LogP contribution in [0, 0.1) is 0 Å². The zero-order valence-corrected chi connectivity index (χ0v) is 14.6. The van der Waals surface area contributed by atoms with Crippen LogP contribution in [0.4, 0.5) is 0 Å². The zero-order valence-electron chi connectivity index (χ0n) is 13.8. The van der Waals surface area contributed by atoms with E-state index in [-0.39, 0.29) is 5.78 Å². The molecule has 4 aromatic rings. The van der Waals surface area contributed by atoms with Gasteiger partial charge in [-0.25, -0.2) is 10.1 Å². The Kier molecular flexibility index (Phi) is 3.93. The third-order valence-electron chi connectivity index (χ3n) is 4.05. The molecule has 2 heterocycles. The highest BCUT2D eigenvalue weighted by atomic mass is 32.2. The molecule has 0 spiro atoms. The first-order chi connectivity index (χ1) is 12.2. The van der Waals surface area contributed by atoms with Crippen molar-refractivity contribution in [3.63, 3.8) is 0 Å². The number of aromatic nitrogens is 4. The number of nitrogens with one attached hydrogen (secondary N) is 1. The van der Waals surface area contributed by atoms with Gasteiger partial charge in [-0.3, -0.25) is 9.20 Å². The molecule has 7 heteroatoms. The van der Waals surface area contributed by atoms with Gasteiger partial charge in [-0.15, -0.1) is 5.10 Å². The minimum atomic E-state index is 0.0386. The van der Waals surface area contributed by atoms with Crippen molar-refractivity contribution in [3.8, 4) is 5.75 Å². The molecule has 4 rings (SSSR count). The van der Waals surface area contributed by atoms with E-state index in [1.165, 1.54) is 0 Å². The molecule has 0 aliphatic carbocycles. The molecule has 0 aliphatic heterocycles. The molecular formula is C18H16N4O2S. The topological polar surface area (TPSA) is 72.3 Å². The highest BCUT2D eigenvalue weighted by Gasteiger charge is 2.14. The Labute approximate surface area is 148 Å². The molecule has 25 heavy (non-hydrogen) atoms. The molecule has 2 aromatic carbocycles. The lowest BCUT2D eigenvalue weighted by atomic mass is 10.1. The van der Waals surface area contributed by atoms with Crippen molar-refractivity contribution in [2.75, 3.05) is 7.11 Å². The number of nitrogens with zero attached hydrogens (tertiary/aromatic N) is 3. The van der Waals surface area contributed by atoms with E-state index < -0.39 is 0 Å². The number of Topliss-reactive ketones (excluding diaryl/α,β-unsaturated/α-hetero) is 1. The van der Waals surface area contributed by atoms with Crippen LogP contribution in [0.2, 0.25) is 0 Å². The number of carbonyl (C=O) groups excluding carboxylic acids is 1. The summed E-state index contributed by atoms with van der Waals surface area (Å²) in [6.07, 6.45) is 0. The SMILES string of the molecule is COc1ccc(C(C)=O)cc1CSc1n[nH]c2nc3ccccc3n12. The normalized spacial score (nSPS) is 11.3. The van der Waals surface area contributed by atoms with Crippen LogP contribution in [0.5, 0.6) is 5.75 Å². The lowest BCUT2D eigenvalue weighted by molar-refractivity contribution is 0.101. The Hall–Kier alpha value is -2.80. The molecule has 1 N–H and O–H groups in total. The number of ketones is 1. The highest BCUT2D eigenvalue weighted by Crippen LogP contribution is 2.30. The number of H-pyrrole nitrogens is 1. The van der Waals surface area contributed by atoms with Gasteiger partial charge in [-0.2, -0.15) is 0 Å². The van der Waals surface area contributed by atoms with E-state index in [9.17, 15) is 4.79 Å². The Balaban J connectivity index is 1.69. The molecule has 0 saturated carbocycles. The number of hydrogen-bond donors (Lipinski definition) is 1. The van der Waals surface area contributed by atoms with Crippen LogP contribution >= 0.6 is 11.8 Å². The summed E-state index contributed by atoms with van der Waals surface area (Å²) >= 11 is 1.57. The number of para-hydroxylation sites is 2. The summed E-state index contributed by atoms with van der Waals surface area (Å²) in [4.78, 5) is 16.2. The molecule has 0 saturated heterocycles. The summed E-state index contributed by atoms with van der Waals surface area (Å²) in [6, 6.07) is 13.4. The van der Waals surface area contributed by atoms with Crippen molar-refractivity contribution in [2.45, 2.75) is 17.8 Å². The number of methoxy groups -OCH3 is 1. The van der Waals surface area contributed by atoms with Gasteiger partial charge < -0.3 is 4.74 Å². The monoisotopic (exact) mass is 352 g/mol. The fourth-order valence-electron chi connectivity index (χ4n) is 2.79. The lowest BCUT2D eigenvalue weighted by Crippen LogP contribution is -1.97. The minimum Gasteiger partial charge on any atom is -0.496 e. The number of hydrogen-bond acceptors (Lipinski definition) is 5. The maximum Gasteiger partial charge on any atom is 0.231 e. The third-order valence-corrected chi connectivity index (χ3v) is 5.03. The lowest BCUT2D eigenvalue weighted by Gasteiger charge is -2.09. The number of ether oxygens (including phenoxy) is 1. The number of fused-ring (bicyclic) bond motifs is 3. The van der Waals surface area contributed by atoms with E-state index in [1.807, 2.05) is 40.8 Å². The van der Waals surface area contributed by atoms with Crippen LogP contribution in [0.15, 0.2) is 47.6 Å². The van der Waals surface area contributed by atoms with Crippen LogP contribution in [0.3, 0.4) is 0 Å². The maximum absolute atomic E-state index is 11.6. The van der Waals surface area contributed by atoms with Crippen LogP contribution in [0.1, 0.15) is 22.8 Å². The van der Waals surface area contributed by atoms with Gasteiger partial charge in [0.1, 0.15) is 5.75 Å². The molecule has 0 unspecified atom stereocenters. The number of benzene rings is 2. The summed E-state index contributed by atoms with van der Waals surface area (Å²) < 4.78 is 7.42. The van der Waals surface area contributed by atoms with Gasteiger partial charge >= 0.3 is 0 Å². The fraction of sp³-hybridized carbons (Fsp3) is 0.167. The standard InChI is InChI=1S/C18H16N4O2S/c1-11(23)12-7-8-16(24-2)13(9-12)10-25-18-21-20-17-19-14-5-3-4-6-15(14)22(17)18/h3-9H,10H2,1-2H3,(H,19,20). The van der Waals surface area contributed by atoms with E-state index in [0.717, 1.165) is 27.5 Å². The second kappa shape index (κ2) is 6.25. The molecule has 0 aliphatic rings. The number of imidazole rings is 1. The van der Waals surface area contributed by atoms with Crippen molar-refractivity contribution in [1.82, 2.24) is 19.6 Å². The second-order valence-corrected chi connectivity index (χ2v) is 6.58. The smallest absolute Gasteiger partial charge is 0.231 e. The average molecular weight is 352 g/mol. The van der Waals surface area contributed by atoms with Crippen molar-refractivity contribution in [3.05, 3.63) is 53.6 Å². The van der Waals surface area contributed by atoms with E-state index in [1.54, 1.807) is 31.9 Å². The van der Waals surface area contributed by atoms with Crippen molar-refractivity contribution >= 4 is 34.4 Å². The summed E-state index contributed by atoms with van der Waals surface area (Å²) in [5, 5.41) is 8.15. The fourth-order valence-corrected chi connectivity index (χ4v) is 3.73. The largest absolute Gasteiger partial charge is 0.496 e. The Bertz CT molecular complexity index is 1080. The van der Waals surface area contributed by atoms with Gasteiger partial charge in [0.15, 0.2) is 10.9 Å². The predicted octanol–water partition coefficient (Wildman–Crippen LogP) is 3.71. The molecule has 0 fully saturated rings. The minimum absolute atomic E-state index is 0.0386. The number of carbonyl (C=O) groups is 1. The van der Waals surface area contributed by atoms with Crippen molar-refractivity contribution in [2.24, 2.45) is 0 Å². The van der Waals surface area contributed by atoms with E-state index >= 15 is 0 Å². The Morgan fingerprint density at radius 3 is 2.92 bits per heavy atom. The third kappa shape index (κ3) is 2.76. The van der Waals surface area contributed by atoms with E-state index in [0.29, 0.717) is 17.1 Å². The van der Waals surface area contributed by atoms with Crippen LogP contribution in [-0.4, -0.2) is 32.5 Å². The molecule has 0 amide bonds. The summed E-state index contributed by atoms with van der Waals surface area (Å²) in [7, 11) is 1.63. The quantitative estimate of drug-likeness (QED) is 0.438. The Morgan fingerprint density at radius 2 is 2.12 bits per heavy atom. The second-order valence-electron chi connectivity index (χ2n) is 5.64. The molecule has 6 nitrogen and oxygen atoms in total. The molecule has 0 radical (unpaired) electrons. The van der Waals surface area contributed by atoms with Gasteiger partial charge in [0.25, 0.3) is 0 Å². The number of aromatic amines is 1. The number of thioether (sulfide) groups is 1. The van der Waals surface area contributed by atoms with Gasteiger partial charge in [0, 0.05) is 16.9 Å². The first-order valence-corrected chi connectivity index (χ1v) is 8.78. The van der Waals surface area contributed by atoms with Crippen LogP contribution in [0.25, 0.3) is 16.8 Å². The molecule has 0 atom stereocenters. The molecular weight excluding hydrogens is 336 g/mol. The summed E-state index contributed by atoms with van der Waals surface area (Å²) in [5.41, 5.74) is 3.57.